The fourth-order valence-corrected chi connectivity index (χ4v) is 2.58. The molecule has 0 aromatic heterocycles. The SMILES string of the molecule is COc1ccc(S(=O)(=O)CC(N)C(N)=O)cc1. The summed E-state index contributed by atoms with van der Waals surface area (Å²) in [6, 6.07) is 4.61. The molecule has 0 aliphatic carbocycles. The minimum Gasteiger partial charge on any atom is -0.497 e. The number of amides is 1. The standard InChI is InChI=1S/C10H14N2O4S/c1-16-7-2-4-8(5-3-7)17(14,15)6-9(11)10(12)13/h2-5,9H,6,11H2,1H3,(H2,12,13). The van der Waals surface area contributed by atoms with Gasteiger partial charge in [-0.3, -0.25) is 4.79 Å². The van der Waals surface area contributed by atoms with Crippen molar-refractivity contribution in [2.75, 3.05) is 12.9 Å². The number of carbonyl (C=O) groups is 1. The zero-order valence-electron chi connectivity index (χ0n) is 9.29. The normalized spacial score (nSPS) is 13.1. The Hall–Kier alpha value is -1.60. The van der Waals surface area contributed by atoms with Crippen LogP contribution < -0.4 is 16.2 Å². The van der Waals surface area contributed by atoms with E-state index in [2.05, 4.69) is 0 Å². The molecule has 0 saturated carbocycles. The van der Waals surface area contributed by atoms with Crippen molar-refractivity contribution in [2.24, 2.45) is 11.5 Å². The quantitative estimate of drug-likeness (QED) is 0.723. The molecular weight excluding hydrogens is 244 g/mol. The van der Waals surface area contributed by atoms with E-state index < -0.39 is 27.5 Å². The fraction of sp³-hybridized carbons (Fsp3) is 0.300. The summed E-state index contributed by atoms with van der Waals surface area (Å²) in [5.74, 6) is -0.806. The summed E-state index contributed by atoms with van der Waals surface area (Å²) < 4.78 is 28.5. The zero-order valence-corrected chi connectivity index (χ0v) is 10.1. The van der Waals surface area contributed by atoms with Crippen molar-refractivity contribution >= 4 is 15.7 Å². The second kappa shape index (κ2) is 5.15. The number of ether oxygens (including phenoxy) is 1. The average Bonchev–Trinajstić information content (AvgIpc) is 2.28. The van der Waals surface area contributed by atoms with Crippen molar-refractivity contribution < 1.29 is 17.9 Å². The highest BCUT2D eigenvalue weighted by Gasteiger charge is 2.21. The summed E-state index contributed by atoms with van der Waals surface area (Å²) in [5.41, 5.74) is 10.2. The average molecular weight is 258 g/mol. The minimum absolute atomic E-state index is 0.0787. The first kappa shape index (κ1) is 13.5. The number of benzene rings is 1. The van der Waals surface area contributed by atoms with Gasteiger partial charge in [0.15, 0.2) is 9.84 Å². The number of rotatable bonds is 5. The molecule has 1 aromatic carbocycles. The van der Waals surface area contributed by atoms with Crippen LogP contribution in [0.15, 0.2) is 29.2 Å². The number of hydrogen-bond acceptors (Lipinski definition) is 5. The molecule has 0 fully saturated rings. The van der Waals surface area contributed by atoms with Crippen molar-refractivity contribution in [3.8, 4) is 5.75 Å². The highest BCUT2D eigenvalue weighted by atomic mass is 32.2. The molecule has 0 bridgehead atoms. The number of hydrogen-bond donors (Lipinski definition) is 2. The molecule has 94 valence electrons. The van der Waals surface area contributed by atoms with E-state index in [-0.39, 0.29) is 4.90 Å². The number of methoxy groups -OCH3 is 1. The van der Waals surface area contributed by atoms with E-state index in [4.69, 9.17) is 16.2 Å². The Morgan fingerprint density at radius 3 is 2.29 bits per heavy atom. The predicted octanol–water partition coefficient (Wildman–Crippen LogP) is -0.718. The molecule has 0 radical (unpaired) electrons. The molecule has 0 heterocycles. The maximum atomic E-state index is 11.8. The number of nitrogens with two attached hydrogens (primary N) is 2. The van der Waals surface area contributed by atoms with Gasteiger partial charge in [0.25, 0.3) is 0 Å². The first-order valence-electron chi connectivity index (χ1n) is 4.78. The molecule has 0 spiro atoms. The number of carbonyl (C=O) groups excluding carboxylic acids is 1. The van der Waals surface area contributed by atoms with E-state index in [9.17, 15) is 13.2 Å². The molecule has 6 nitrogen and oxygen atoms in total. The van der Waals surface area contributed by atoms with E-state index in [1.807, 2.05) is 0 Å². The van der Waals surface area contributed by atoms with Gasteiger partial charge in [-0.15, -0.1) is 0 Å². The highest BCUT2D eigenvalue weighted by Crippen LogP contribution is 2.16. The Morgan fingerprint density at radius 2 is 1.88 bits per heavy atom. The molecule has 0 aliphatic rings. The lowest BCUT2D eigenvalue weighted by atomic mass is 10.3. The lowest BCUT2D eigenvalue weighted by Gasteiger charge is -2.09. The van der Waals surface area contributed by atoms with Crippen LogP contribution in [-0.2, 0) is 14.6 Å². The molecule has 1 unspecified atom stereocenters. The van der Waals surface area contributed by atoms with Crippen LogP contribution in [0.3, 0.4) is 0 Å². The van der Waals surface area contributed by atoms with Gasteiger partial charge in [-0.2, -0.15) is 0 Å². The van der Waals surface area contributed by atoms with Crippen LogP contribution in [0.5, 0.6) is 5.75 Å². The Morgan fingerprint density at radius 1 is 1.35 bits per heavy atom. The van der Waals surface area contributed by atoms with Gasteiger partial charge < -0.3 is 16.2 Å². The summed E-state index contributed by atoms with van der Waals surface area (Å²) in [4.78, 5) is 10.8. The molecule has 0 aliphatic heterocycles. The van der Waals surface area contributed by atoms with E-state index in [0.717, 1.165) is 0 Å². The van der Waals surface area contributed by atoms with Crippen molar-refractivity contribution in [1.29, 1.82) is 0 Å². The zero-order chi connectivity index (χ0) is 13.1. The molecule has 17 heavy (non-hydrogen) atoms. The first-order chi connectivity index (χ1) is 7.86. The first-order valence-corrected chi connectivity index (χ1v) is 6.44. The molecule has 1 rings (SSSR count). The Kier molecular flexibility index (Phi) is 4.08. The van der Waals surface area contributed by atoms with Crippen LogP contribution in [0.1, 0.15) is 0 Å². The Labute approximate surface area is 99.5 Å². The van der Waals surface area contributed by atoms with Crippen LogP contribution in [0, 0.1) is 0 Å². The van der Waals surface area contributed by atoms with Gasteiger partial charge in [0.1, 0.15) is 5.75 Å². The van der Waals surface area contributed by atoms with Crippen LogP contribution in [-0.4, -0.2) is 33.2 Å². The summed E-state index contributed by atoms with van der Waals surface area (Å²) in [6.45, 7) is 0. The Bertz CT molecular complexity index is 496. The van der Waals surface area contributed by atoms with Crippen LogP contribution in [0.25, 0.3) is 0 Å². The van der Waals surface area contributed by atoms with Crippen molar-refractivity contribution in [1.82, 2.24) is 0 Å². The highest BCUT2D eigenvalue weighted by molar-refractivity contribution is 7.91. The minimum atomic E-state index is -3.61. The van der Waals surface area contributed by atoms with Gasteiger partial charge in [0.2, 0.25) is 5.91 Å². The summed E-state index contributed by atoms with van der Waals surface area (Å²) in [7, 11) is -2.13. The molecule has 0 saturated heterocycles. The van der Waals surface area contributed by atoms with E-state index >= 15 is 0 Å². The summed E-state index contributed by atoms with van der Waals surface area (Å²) in [5, 5.41) is 0. The maximum Gasteiger partial charge on any atom is 0.235 e. The van der Waals surface area contributed by atoms with Gasteiger partial charge in [-0.25, -0.2) is 8.42 Å². The van der Waals surface area contributed by atoms with Crippen LogP contribution >= 0.6 is 0 Å². The third kappa shape index (κ3) is 3.43. The molecule has 1 amide bonds. The topological polar surface area (TPSA) is 112 Å². The number of primary amides is 1. The van der Waals surface area contributed by atoms with E-state index in [0.29, 0.717) is 5.75 Å². The molecule has 4 N–H and O–H groups in total. The van der Waals surface area contributed by atoms with E-state index in [1.54, 1.807) is 0 Å². The lowest BCUT2D eigenvalue weighted by Crippen LogP contribution is -2.41. The summed E-state index contributed by atoms with van der Waals surface area (Å²) >= 11 is 0. The smallest absolute Gasteiger partial charge is 0.235 e. The van der Waals surface area contributed by atoms with Crippen molar-refractivity contribution in [2.45, 2.75) is 10.9 Å². The van der Waals surface area contributed by atoms with Crippen LogP contribution in [0.2, 0.25) is 0 Å². The number of sulfone groups is 1. The van der Waals surface area contributed by atoms with Crippen molar-refractivity contribution in [3.63, 3.8) is 0 Å². The fourth-order valence-electron chi connectivity index (χ4n) is 1.20. The lowest BCUT2D eigenvalue weighted by molar-refractivity contribution is -0.118. The van der Waals surface area contributed by atoms with Crippen molar-refractivity contribution in [3.05, 3.63) is 24.3 Å². The van der Waals surface area contributed by atoms with Gasteiger partial charge >= 0.3 is 0 Å². The van der Waals surface area contributed by atoms with Crippen LogP contribution in [0.4, 0.5) is 0 Å². The van der Waals surface area contributed by atoms with Gasteiger partial charge in [0, 0.05) is 0 Å². The third-order valence-corrected chi connectivity index (χ3v) is 3.97. The summed E-state index contributed by atoms with van der Waals surface area (Å²) in [6.07, 6.45) is 0. The molecule has 7 heteroatoms. The second-order valence-corrected chi connectivity index (χ2v) is 5.50. The van der Waals surface area contributed by atoms with E-state index in [1.165, 1.54) is 31.4 Å². The third-order valence-electron chi connectivity index (χ3n) is 2.18. The predicted molar refractivity (Wildman–Crippen MR) is 62.2 cm³/mol. The van der Waals surface area contributed by atoms with Gasteiger partial charge in [-0.1, -0.05) is 0 Å². The monoisotopic (exact) mass is 258 g/mol. The largest absolute Gasteiger partial charge is 0.497 e. The molecule has 1 atom stereocenters. The second-order valence-electron chi connectivity index (χ2n) is 3.47. The molecule has 1 aromatic rings. The maximum absolute atomic E-state index is 11.8. The van der Waals surface area contributed by atoms with Gasteiger partial charge in [0.05, 0.1) is 23.8 Å². The Balaban J connectivity index is 2.93. The van der Waals surface area contributed by atoms with Gasteiger partial charge in [-0.05, 0) is 24.3 Å². The molecular formula is C10H14N2O4S.